The van der Waals surface area contributed by atoms with Gasteiger partial charge in [0, 0.05) is 6.07 Å². The van der Waals surface area contributed by atoms with Gasteiger partial charge in [-0.1, -0.05) is 6.07 Å². The van der Waals surface area contributed by atoms with Crippen LogP contribution >= 0.6 is 0 Å². The van der Waals surface area contributed by atoms with Crippen molar-refractivity contribution < 1.29 is 20.1 Å². The number of carbonyl (C=O) groups excluding carboxylic acids is 1. The molecular formula is C14H14N2O4. The zero-order valence-corrected chi connectivity index (χ0v) is 10.7. The third-order valence-corrected chi connectivity index (χ3v) is 2.86. The van der Waals surface area contributed by atoms with Crippen molar-refractivity contribution in [3.8, 4) is 17.2 Å². The van der Waals surface area contributed by atoms with Gasteiger partial charge in [0.15, 0.2) is 0 Å². The number of rotatable bonds is 3. The number of carbonyl (C=O) groups is 1. The van der Waals surface area contributed by atoms with E-state index in [2.05, 4.69) is 5.32 Å². The highest BCUT2D eigenvalue weighted by atomic mass is 16.3. The van der Waals surface area contributed by atoms with Gasteiger partial charge in [0.05, 0.1) is 16.9 Å². The molecular weight excluding hydrogens is 260 g/mol. The maximum atomic E-state index is 11.4. The fourth-order valence-electron chi connectivity index (χ4n) is 1.91. The largest absolute Gasteiger partial charge is 0.508 e. The number of hydrogen-bond donors (Lipinski definition) is 5. The molecule has 0 spiro atoms. The average Bonchev–Trinajstić information content (AvgIpc) is 2.34. The number of nitrogens with one attached hydrogen (secondary N) is 1. The summed E-state index contributed by atoms with van der Waals surface area (Å²) in [5, 5.41) is 31.8. The topological polar surface area (TPSA) is 116 Å². The Kier molecular flexibility index (Phi) is 3.39. The number of anilines is 2. The van der Waals surface area contributed by atoms with E-state index in [1.54, 1.807) is 6.92 Å². The van der Waals surface area contributed by atoms with Crippen molar-refractivity contribution in [2.75, 3.05) is 5.32 Å². The molecule has 0 heterocycles. The Morgan fingerprint density at radius 2 is 1.80 bits per heavy atom. The van der Waals surface area contributed by atoms with Gasteiger partial charge in [-0.15, -0.1) is 0 Å². The molecule has 6 nitrogen and oxygen atoms in total. The predicted molar refractivity (Wildman–Crippen MR) is 74.4 cm³/mol. The third kappa shape index (κ3) is 2.44. The lowest BCUT2D eigenvalue weighted by molar-refractivity contribution is 0.100. The Bertz CT molecular complexity index is 660. The Labute approximate surface area is 115 Å². The first-order valence-electron chi connectivity index (χ1n) is 5.81. The molecule has 6 N–H and O–H groups in total. The van der Waals surface area contributed by atoms with Crippen molar-refractivity contribution in [3.05, 3.63) is 41.5 Å². The van der Waals surface area contributed by atoms with Crippen LogP contribution in [0.3, 0.4) is 0 Å². The van der Waals surface area contributed by atoms with Crippen LogP contribution < -0.4 is 11.1 Å². The SMILES string of the molecule is Cc1cc(O)cc(O)c1Nc1c(O)cccc1C(N)=O. The van der Waals surface area contributed by atoms with E-state index < -0.39 is 5.91 Å². The summed E-state index contributed by atoms with van der Waals surface area (Å²) in [7, 11) is 0. The van der Waals surface area contributed by atoms with Crippen LogP contribution in [0.5, 0.6) is 17.2 Å². The molecule has 2 aromatic rings. The van der Waals surface area contributed by atoms with Crippen molar-refractivity contribution in [3.63, 3.8) is 0 Å². The number of phenolic OH excluding ortho intramolecular Hbond substituents is 3. The van der Waals surface area contributed by atoms with E-state index in [1.807, 2.05) is 0 Å². The summed E-state index contributed by atoms with van der Waals surface area (Å²) >= 11 is 0. The van der Waals surface area contributed by atoms with Crippen LogP contribution in [0.1, 0.15) is 15.9 Å². The molecule has 0 saturated carbocycles. The summed E-state index contributed by atoms with van der Waals surface area (Å²) in [6.45, 7) is 1.66. The van der Waals surface area contributed by atoms with Crippen LogP contribution in [0.25, 0.3) is 0 Å². The number of benzene rings is 2. The molecule has 0 saturated heterocycles. The molecule has 0 fully saturated rings. The van der Waals surface area contributed by atoms with Crippen molar-refractivity contribution in [1.82, 2.24) is 0 Å². The van der Waals surface area contributed by atoms with E-state index in [4.69, 9.17) is 5.73 Å². The molecule has 0 unspecified atom stereocenters. The molecule has 0 aromatic heterocycles. The van der Waals surface area contributed by atoms with Gasteiger partial charge in [-0.05, 0) is 30.7 Å². The number of nitrogens with two attached hydrogens (primary N) is 1. The maximum Gasteiger partial charge on any atom is 0.250 e. The van der Waals surface area contributed by atoms with Crippen molar-refractivity contribution in [1.29, 1.82) is 0 Å². The second-order valence-electron chi connectivity index (χ2n) is 4.35. The van der Waals surface area contributed by atoms with Gasteiger partial charge in [-0.2, -0.15) is 0 Å². The summed E-state index contributed by atoms with van der Waals surface area (Å²) in [6, 6.07) is 6.92. The fraction of sp³-hybridized carbons (Fsp3) is 0.0714. The minimum atomic E-state index is -0.709. The van der Waals surface area contributed by atoms with E-state index >= 15 is 0 Å². The average molecular weight is 274 g/mol. The highest BCUT2D eigenvalue weighted by molar-refractivity contribution is 6.01. The monoisotopic (exact) mass is 274 g/mol. The minimum Gasteiger partial charge on any atom is -0.508 e. The highest BCUT2D eigenvalue weighted by Gasteiger charge is 2.15. The van der Waals surface area contributed by atoms with E-state index in [0.717, 1.165) is 6.07 Å². The van der Waals surface area contributed by atoms with Crippen LogP contribution in [0.2, 0.25) is 0 Å². The molecule has 104 valence electrons. The molecule has 0 bridgehead atoms. The molecule has 0 radical (unpaired) electrons. The van der Waals surface area contributed by atoms with Crippen LogP contribution in [0.15, 0.2) is 30.3 Å². The fourth-order valence-corrected chi connectivity index (χ4v) is 1.91. The summed E-state index contributed by atoms with van der Waals surface area (Å²) in [4.78, 5) is 11.4. The maximum absolute atomic E-state index is 11.4. The summed E-state index contributed by atoms with van der Waals surface area (Å²) in [5.41, 5.74) is 6.25. The van der Waals surface area contributed by atoms with Gasteiger partial charge in [0.2, 0.25) is 0 Å². The second kappa shape index (κ2) is 5.00. The molecule has 0 atom stereocenters. The Hall–Kier alpha value is -2.89. The Balaban J connectivity index is 2.53. The molecule has 1 amide bonds. The highest BCUT2D eigenvalue weighted by Crippen LogP contribution is 2.37. The van der Waals surface area contributed by atoms with Crippen LogP contribution in [0, 0.1) is 6.92 Å². The number of amides is 1. The number of phenols is 3. The predicted octanol–water partition coefficient (Wildman–Crippen LogP) is 1.95. The number of aromatic hydroxyl groups is 3. The smallest absolute Gasteiger partial charge is 0.250 e. The first kappa shape index (κ1) is 13.5. The zero-order valence-electron chi connectivity index (χ0n) is 10.7. The second-order valence-corrected chi connectivity index (χ2v) is 4.35. The van der Waals surface area contributed by atoms with Crippen molar-refractivity contribution >= 4 is 17.3 Å². The summed E-state index contributed by atoms with van der Waals surface area (Å²) in [5.74, 6) is -1.17. The number of hydrogen-bond acceptors (Lipinski definition) is 5. The Morgan fingerprint density at radius 1 is 1.10 bits per heavy atom. The first-order valence-corrected chi connectivity index (χ1v) is 5.81. The van der Waals surface area contributed by atoms with Crippen molar-refractivity contribution in [2.45, 2.75) is 6.92 Å². The van der Waals surface area contributed by atoms with Crippen LogP contribution in [-0.2, 0) is 0 Å². The zero-order chi connectivity index (χ0) is 14.9. The van der Waals surface area contributed by atoms with Gasteiger partial charge < -0.3 is 26.4 Å². The molecule has 2 aromatic carbocycles. The lowest BCUT2D eigenvalue weighted by Crippen LogP contribution is -2.13. The minimum absolute atomic E-state index is 0.0852. The standard InChI is InChI=1S/C14H14N2O4/c1-7-5-8(17)6-11(19)12(7)16-13-9(14(15)20)3-2-4-10(13)18/h2-6,16-19H,1H3,(H2,15,20). The molecule has 0 aliphatic rings. The lowest BCUT2D eigenvalue weighted by atomic mass is 10.1. The summed E-state index contributed by atoms with van der Waals surface area (Å²) in [6.07, 6.45) is 0. The van der Waals surface area contributed by atoms with E-state index in [9.17, 15) is 20.1 Å². The molecule has 0 aliphatic carbocycles. The molecule has 20 heavy (non-hydrogen) atoms. The molecule has 6 heteroatoms. The Morgan fingerprint density at radius 3 is 2.40 bits per heavy atom. The third-order valence-electron chi connectivity index (χ3n) is 2.86. The summed E-state index contributed by atoms with van der Waals surface area (Å²) < 4.78 is 0. The van der Waals surface area contributed by atoms with Gasteiger partial charge in [-0.25, -0.2) is 0 Å². The van der Waals surface area contributed by atoms with E-state index in [-0.39, 0.29) is 34.2 Å². The number of primary amides is 1. The van der Waals surface area contributed by atoms with Gasteiger partial charge >= 0.3 is 0 Å². The normalized spacial score (nSPS) is 10.2. The van der Waals surface area contributed by atoms with Crippen LogP contribution in [-0.4, -0.2) is 21.2 Å². The lowest BCUT2D eigenvalue weighted by Gasteiger charge is -2.15. The molecule has 2 rings (SSSR count). The number of aryl methyl sites for hydroxylation is 1. The number of para-hydroxylation sites is 1. The van der Waals surface area contributed by atoms with E-state index in [1.165, 1.54) is 24.3 Å². The first-order chi connectivity index (χ1) is 9.40. The van der Waals surface area contributed by atoms with Gasteiger partial charge in [0.1, 0.15) is 17.2 Å². The quantitative estimate of drug-likeness (QED) is 0.433. The molecule has 0 aliphatic heterocycles. The van der Waals surface area contributed by atoms with Crippen molar-refractivity contribution in [2.24, 2.45) is 5.73 Å². The van der Waals surface area contributed by atoms with E-state index in [0.29, 0.717) is 5.56 Å². The van der Waals surface area contributed by atoms with Crippen LogP contribution in [0.4, 0.5) is 11.4 Å². The van der Waals surface area contributed by atoms with Gasteiger partial charge in [0.25, 0.3) is 5.91 Å². The van der Waals surface area contributed by atoms with Gasteiger partial charge in [-0.3, -0.25) is 4.79 Å².